The van der Waals surface area contributed by atoms with Gasteiger partial charge in [0.1, 0.15) is 0 Å². The summed E-state index contributed by atoms with van der Waals surface area (Å²) in [6.45, 7) is 0. The normalized spacial score (nSPS) is 24.2. The number of anilines is 1. The molecule has 4 nitrogen and oxygen atoms in total. The molecule has 0 amide bonds. The Hall–Kier alpha value is -2.04. The molecule has 1 N–H and O–H groups in total. The van der Waals surface area contributed by atoms with Crippen LogP contribution in [0.1, 0.15) is 29.5 Å². The van der Waals surface area contributed by atoms with Gasteiger partial charge in [0.2, 0.25) is 0 Å². The molecule has 0 spiro atoms. The third-order valence-electron chi connectivity index (χ3n) is 4.88. The van der Waals surface area contributed by atoms with Gasteiger partial charge in [0, 0.05) is 17.0 Å². The zero-order valence-electron chi connectivity index (χ0n) is 12.6. The van der Waals surface area contributed by atoms with E-state index in [0.717, 1.165) is 12.0 Å². The lowest BCUT2D eigenvalue weighted by Gasteiger charge is -2.37. The van der Waals surface area contributed by atoms with Crippen LogP contribution in [0.5, 0.6) is 0 Å². The minimum atomic E-state index is -0.337. The molecule has 0 unspecified atom stereocenters. The number of nitrogens with zero attached hydrogens (tertiary/aromatic N) is 1. The van der Waals surface area contributed by atoms with Crippen LogP contribution in [0.2, 0.25) is 10.0 Å². The van der Waals surface area contributed by atoms with Gasteiger partial charge in [0.15, 0.2) is 0 Å². The molecule has 24 heavy (non-hydrogen) atoms. The molecule has 6 heteroatoms. The SMILES string of the molecule is O=[N+]([O-])c1ccc(Cl)c2c1[C@@H]1C=CC[C@@H]1[C@@H](c1ccccc1Cl)N2. The van der Waals surface area contributed by atoms with E-state index in [-0.39, 0.29) is 28.5 Å². The quantitative estimate of drug-likeness (QED) is 0.422. The van der Waals surface area contributed by atoms with E-state index in [1.165, 1.54) is 6.07 Å². The van der Waals surface area contributed by atoms with Crippen molar-refractivity contribution in [3.8, 4) is 0 Å². The molecule has 1 aliphatic carbocycles. The van der Waals surface area contributed by atoms with E-state index in [4.69, 9.17) is 23.2 Å². The van der Waals surface area contributed by atoms with Crippen LogP contribution >= 0.6 is 23.2 Å². The van der Waals surface area contributed by atoms with Crippen molar-refractivity contribution < 1.29 is 4.92 Å². The van der Waals surface area contributed by atoms with Crippen molar-refractivity contribution in [2.45, 2.75) is 18.4 Å². The van der Waals surface area contributed by atoms with Gasteiger partial charge in [0.25, 0.3) is 5.69 Å². The van der Waals surface area contributed by atoms with E-state index in [9.17, 15) is 10.1 Å². The molecule has 0 saturated carbocycles. The van der Waals surface area contributed by atoms with Gasteiger partial charge in [-0.3, -0.25) is 10.1 Å². The average Bonchev–Trinajstić information content (AvgIpc) is 3.05. The Balaban J connectivity index is 1.90. The molecular formula is C18H14Cl2N2O2. The number of fused-ring (bicyclic) bond motifs is 3. The van der Waals surface area contributed by atoms with Crippen LogP contribution in [-0.2, 0) is 0 Å². The zero-order chi connectivity index (χ0) is 16.8. The van der Waals surface area contributed by atoms with Crippen LogP contribution in [-0.4, -0.2) is 4.92 Å². The second-order valence-corrected chi connectivity index (χ2v) is 6.92. The van der Waals surface area contributed by atoms with Crippen molar-refractivity contribution in [1.82, 2.24) is 0 Å². The molecule has 0 saturated heterocycles. The summed E-state index contributed by atoms with van der Waals surface area (Å²) in [5, 5.41) is 16.1. The summed E-state index contributed by atoms with van der Waals surface area (Å²) >= 11 is 12.8. The van der Waals surface area contributed by atoms with Crippen molar-refractivity contribution >= 4 is 34.6 Å². The summed E-state index contributed by atoms with van der Waals surface area (Å²) < 4.78 is 0. The van der Waals surface area contributed by atoms with Crippen LogP contribution < -0.4 is 5.32 Å². The first-order chi connectivity index (χ1) is 11.6. The Morgan fingerprint density at radius 2 is 1.92 bits per heavy atom. The minimum absolute atomic E-state index is 0.0364. The minimum Gasteiger partial charge on any atom is -0.376 e. The van der Waals surface area contributed by atoms with Crippen LogP contribution in [0, 0.1) is 16.0 Å². The number of nitrogens with one attached hydrogen (secondary N) is 1. The summed E-state index contributed by atoms with van der Waals surface area (Å²) in [5.41, 5.74) is 2.42. The van der Waals surface area contributed by atoms with Gasteiger partial charge in [0.05, 0.1) is 27.2 Å². The van der Waals surface area contributed by atoms with E-state index in [1.54, 1.807) is 6.07 Å². The smallest absolute Gasteiger partial charge is 0.275 e. The first kappa shape index (κ1) is 15.5. The van der Waals surface area contributed by atoms with Gasteiger partial charge >= 0.3 is 0 Å². The fraction of sp³-hybridized carbons (Fsp3) is 0.222. The van der Waals surface area contributed by atoms with Gasteiger partial charge in [-0.1, -0.05) is 53.6 Å². The highest BCUT2D eigenvalue weighted by Gasteiger charge is 2.42. The van der Waals surface area contributed by atoms with Gasteiger partial charge in [-0.05, 0) is 30.0 Å². The lowest BCUT2D eigenvalue weighted by Crippen LogP contribution is -2.30. The van der Waals surface area contributed by atoms with E-state index >= 15 is 0 Å². The first-order valence-electron chi connectivity index (χ1n) is 7.72. The monoisotopic (exact) mass is 360 g/mol. The number of nitro benzene ring substituents is 1. The molecular weight excluding hydrogens is 347 g/mol. The summed E-state index contributed by atoms with van der Waals surface area (Å²) in [5.74, 6) is 0.135. The third-order valence-corrected chi connectivity index (χ3v) is 5.54. The summed E-state index contributed by atoms with van der Waals surface area (Å²) in [6.07, 6.45) is 4.98. The lowest BCUT2D eigenvalue weighted by molar-refractivity contribution is -0.385. The zero-order valence-corrected chi connectivity index (χ0v) is 14.1. The van der Waals surface area contributed by atoms with Crippen molar-refractivity contribution in [2.75, 3.05) is 5.32 Å². The molecule has 3 atom stereocenters. The number of benzene rings is 2. The van der Waals surface area contributed by atoms with Crippen LogP contribution in [0.15, 0.2) is 48.6 Å². The van der Waals surface area contributed by atoms with Crippen molar-refractivity contribution in [3.05, 3.63) is 79.8 Å². The predicted octanol–water partition coefficient (Wildman–Crippen LogP) is 5.73. The van der Waals surface area contributed by atoms with Crippen molar-refractivity contribution in [3.63, 3.8) is 0 Å². The Morgan fingerprint density at radius 1 is 1.12 bits per heavy atom. The molecule has 0 radical (unpaired) electrons. The third kappa shape index (κ3) is 2.29. The van der Waals surface area contributed by atoms with Crippen molar-refractivity contribution in [1.29, 1.82) is 0 Å². The Kier molecular flexibility index (Phi) is 3.74. The molecule has 4 rings (SSSR count). The Labute approximate surface area is 149 Å². The second kappa shape index (κ2) is 5.80. The topological polar surface area (TPSA) is 55.2 Å². The van der Waals surface area contributed by atoms with E-state index in [0.29, 0.717) is 21.3 Å². The number of halogens is 2. The van der Waals surface area contributed by atoms with Crippen molar-refractivity contribution in [2.24, 2.45) is 5.92 Å². The highest BCUT2D eigenvalue weighted by molar-refractivity contribution is 6.33. The first-order valence-corrected chi connectivity index (χ1v) is 8.48. The molecule has 0 bridgehead atoms. The average molecular weight is 361 g/mol. The predicted molar refractivity (Wildman–Crippen MR) is 95.9 cm³/mol. The highest BCUT2D eigenvalue weighted by Crippen LogP contribution is 2.54. The molecule has 0 fully saturated rings. The van der Waals surface area contributed by atoms with Gasteiger partial charge in [-0.15, -0.1) is 0 Å². The fourth-order valence-corrected chi connectivity index (χ4v) is 4.32. The van der Waals surface area contributed by atoms with Crippen LogP contribution in [0.25, 0.3) is 0 Å². The molecule has 1 heterocycles. The standard InChI is InChI=1S/C18H14Cl2N2O2/c19-13-7-2-1-4-12(13)17-11-6-3-5-10(11)16-15(22(23)24)9-8-14(20)18(16)21-17/h1-5,7-11,17,21H,6H2/t10-,11+,17+/m1/s1. The number of rotatable bonds is 2. The van der Waals surface area contributed by atoms with E-state index in [2.05, 4.69) is 17.5 Å². The molecule has 1 aliphatic heterocycles. The lowest BCUT2D eigenvalue weighted by atomic mass is 9.76. The molecule has 0 aromatic heterocycles. The maximum Gasteiger partial charge on any atom is 0.275 e. The number of hydrogen-bond donors (Lipinski definition) is 1. The molecule has 2 aromatic carbocycles. The van der Waals surface area contributed by atoms with Gasteiger partial charge in [-0.25, -0.2) is 0 Å². The number of hydrogen-bond acceptors (Lipinski definition) is 3. The molecule has 2 aliphatic rings. The van der Waals surface area contributed by atoms with E-state index in [1.807, 2.05) is 24.3 Å². The van der Waals surface area contributed by atoms with Gasteiger partial charge < -0.3 is 5.32 Å². The maximum atomic E-state index is 11.5. The summed E-state index contributed by atoms with van der Waals surface area (Å²) in [4.78, 5) is 11.1. The summed E-state index contributed by atoms with van der Waals surface area (Å²) in [6, 6.07) is 10.7. The number of nitro groups is 1. The molecule has 122 valence electrons. The number of allylic oxidation sites excluding steroid dienone is 2. The maximum absolute atomic E-state index is 11.5. The molecule has 2 aromatic rings. The largest absolute Gasteiger partial charge is 0.376 e. The van der Waals surface area contributed by atoms with Crippen LogP contribution in [0.4, 0.5) is 11.4 Å². The fourth-order valence-electron chi connectivity index (χ4n) is 3.85. The van der Waals surface area contributed by atoms with Crippen LogP contribution in [0.3, 0.4) is 0 Å². The summed E-state index contributed by atoms with van der Waals surface area (Å²) in [7, 11) is 0. The highest BCUT2D eigenvalue weighted by atomic mass is 35.5. The Bertz CT molecular complexity index is 866. The second-order valence-electron chi connectivity index (χ2n) is 6.11. The van der Waals surface area contributed by atoms with E-state index < -0.39 is 0 Å². The Morgan fingerprint density at radius 3 is 2.67 bits per heavy atom. The van der Waals surface area contributed by atoms with Gasteiger partial charge in [-0.2, -0.15) is 0 Å².